The van der Waals surface area contributed by atoms with Gasteiger partial charge in [0.15, 0.2) is 11.6 Å². The first-order valence-corrected chi connectivity index (χ1v) is 12.2. The number of carboxylic acid groups (broad SMARTS) is 1. The molecule has 4 aromatic rings. The number of nitrogens with one attached hydrogen (secondary N) is 1. The van der Waals surface area contributed by atoms with E-state index in [0.29, 0.717) is 37.4 Å². The fraction of sp³-hybridized carbons (Fsp3) is 0.296. The van der Waals surface area contributed by atoms with Gasteiger partial charge in [-0.25, -0.2) is 18.6 Å². The van der Waals surface area contributed by atoms with Crippen molar-refractivity contribution >= 4 is 27.6 Å². The molecule has 0 aliphatic rings. The Labute approximate surface area is 224 Å². The smallest absolute Gasteiger partial charge is 0.478 e. The molecular formula is C27H24F5N3O5. The van der Waals surface area contributed by atoms with E-state index in [0.717, 1.165) is 28.3 Å². The number of halogens is 5. The van der Waals surface area contributed by atoms with Crippen LogP contribution < -0.4 is 14.8 Å². The molecule has 0 bridgehead atoms. The number of fused-ring (bicyclic) bond motifs is 3. The van der Waals surface area contributed by atoms with Gasteiger partial charge in [0.2, 0.25) is 11.6 Å². The van der Waals surface area contributed by atoms with Crippen LogP contribution in [0.2, 0.25) is 0 Å². The summed E-state index contributed by atoms with van der Waals surface area (Å²) >= 11 is 0. The van der Waals surface area contributed by atoms with E-state index in [1.54, 1.807) is 24.5 Å². The second kappa shape index (κ2) is 12.8. The Balaban J connectivity index is 1.18. The quantitative estimate of drug-likeness (QED) is 0.122. The molecule has 8 nitrogen and oxygen atoms in total. The number of pyridine rings is 2. The molecule has 0 spiro atoms. The maximum absolute atomic E-state index is 13.8. The highest BCUT2D eigenvalue weighted by Crippen LogP contribution is 2.31. The van der Waals surface area contributed by atoms with Crippen LogP contribution in [0.4, 0.5) is 22.0 Å². The van der Waals surface area contributed by atoms with Gasteiger partial charge in [0.25, 0.3) is 0 Å². The second-order valence-corrected chi connectivity index (χ2v) is 8.66. The zero-order valence-electron chi connectivity index (χ0n) is 20.9. The molecular weight excluding hydrogens is 541 g/mol. The van der Waals surface area contributed by atoms with Crippen LogP contribution in [0.15, 0.2) is 48.8 Å². The van der Waals surface area contributed by atoms with Gasteiger partial charge in [0, 0.05) is 41.7 Å². The van der Waals surface area contributed by atoms with E-state index in [-0.39, 0.29) is 30.9 Å². The van der Waals surface area contributed by atoms with Crippen LogP contribution in [-0.2, 0) is 11.3 Å². The lowest BCUT2D eigenvalue weighted by molar-refractivity contribution is -0.276. The van der Waals surface area contributed by atoms with Crippen LogP contribution in [0.1, 0.15) is 28.8 Å². The van der Waals surface area contributed by atoms with E-state index in [2.05, 4.69) is 20.0 Å². The number of alkyl halides is 3. The predicted octanol–water partition coefficient (Wildman–Crippen LogP) is 5.62. The van der Waals surface area contributed by atoms with Crippen LogP contribution in [0.25, 0.3) is 21.7 Å². The van der Waals surface area contributed by atoms with E-state index < -0.39 is 29.7 Å². The number of aromatic carboxylic acids is 1. The maximum atomic E-state index is 13.8. The van der Waals surface area contributed by atoms with Crippen molar-refractivity contribution in [2.24, 2.45) is 0 Å². The van der Waals surface area contributed by atoms with Crippen molar-refractivity contribution in [2.45, 2.75) is 25.7 Å². The summed E-state index contributed by atoms with van der Waals surface area (Å²) < 4.78 is 79.0. The number of carboxylic acids is 1. The molecule has 4 rings (SSSR count). The number of benzene rings is 2. The van der Waals surface area contributed by atoms with Crippen molar-refractivity contribution in [3.63, 3.8) is 0 Å². The highest BCUT2D eigenvalue weighted by Gasteiger charge is 2.34. The van der Waals surface area contributed by atoms with Crippen molar-refractivity contribution in [3.05, 3.63) is 71.6 Å². The molecule has 212 valence electrons. The van der Waals surface area contributed by atoms with Gasteiger partial charge in [0.05, 0.1) is 17.7 Å². The Morgan fingerprint density at radius 1 is 0.950 bits per heavy atom. The first-order valence-electron chi connectivity index (χ1n) is 12.2. The van der Waals surface area contributed by atoms with Crippen molar-refractivity contribution in [1.29, 1.82) is 0 Å². The summed E-state index contributed by atoms with van der Waals surface area (Å²) in [6.45, 7) is 1.46. The number of nitrogens with zero attached hydrogens (tertiary/aromatic N) is 2. The minimum absolute atomic E-state index is 0.0605. The molecule has 0 aliphatic heterocycles. The molecule has 0 saturated heterocycles. The summed E-state index contributed by atoms with van der Waals surface area (Å²) in [7, 11) is 0. The first kappa shape index (κ1) is 28.9. The van der Waals surface area contributed by atoms with Crippen LogP contribution in [-0.4, -0.2) is 53.8 Å². The molecule has 0 aliphatic carbocycles. The van der Waals surface area contributed by atoms with Crippen LogP contribution >= 0.6 is 0 Å². The number of unbranched alkanes of at least 4 members (excludes halogenated alkanes) is 1. The number of ether oxygens (including phenoxy) is 3. The molecule has 40 heavy (non-hydrogen) atoms. The van der Waals surface area contributed by atoms with Gasteiger partial charge in [-0.1, -0.05) is 6.07 Å². The van der Waals surface area contributed by atoms with Crippen LogP contribution in [0, 0.1) is 11.6 Å². The van der Waals surface area contributed by atoms with Crippen molar-refractivity contribution in [1.82, 2.24) is 15.3 Å². The number of hydrogen-bond acceptors (Lipinski definition) is 7. The normalized spacial score (nSPS) is 11.7. The number of carbonyl (C=O) groups is 1. The van der Waals surface area contributed by atoms with Crippen LogP contribution in [0.5, 0.6) is 11.6 Å². The Bertz CT molecular complexity index is 1480. The predicted molar refractivity (Wildman–Crippen MR) is 134 cm³/mol. The van der Waals surface area contributed by atoms with Gasteiger partial charge >= 0.3 is 12.3 Å². The average Bonchev–Trinajstić information content (AvgIpc) is 2.91. The molecule has 0 radical (unpaired) electrons. The molecule has 0 atom stereocenters. The zero-order valence-corrected chi connectivity index (χ0v) is 20.9. The number of rotatable bonds is 13. The van der Waals surface area contributed by atoms with Gasteiger partial charge in [-0.2, -0.15) is 0 Å². The second-order valence-electron chi connectivity index (χ2n) is 8.66. The molecule has 2 aromatic carbocycles. The summed E-state index contributed by atoms with van der Waals surface area (Å²) in [4.78, 5) is 20.0. The summed E-state index contributed by atoms with van der Waals surface area (Å²) in [6.07, 6.45) is -0.556. The third-order valence-electron chi connectivity index (χ3n) is 5.77. The molecule has 2 N–H and O–H groups in total. The van der Waals surface area contributed by atoms with Gasteiger partial charge in [-0.05, 0) is 55.3 Å². The van der Waals surface area contributed by atoms with Gasteiger partial charge in [0.1, 0.15) is 6.61 Å². The molecule has 0 fully saturated rings. The van der Waals surface area contributed by atoms with Gasteiger partial charge in [-0.3, -0.25) is 4.98 Å². The summed E-state index contributed by atoms with van der Waals surface area (Å²) in [5.74, 6) is -5.06. The average molecular weight is 565 g/mol. The Morgan fingerprint density at radius 2 is 1.73 bits per heavy atom. The molecule has 0 unspecified atom stereocenters. The molecule has 2 heterocycles. The zero-order chi connectivity index (χ0) is 28.7. The highest BCUT2D eigenvalue weighted by atomic mass is 19.4. The number of aromatic nitrogens is 2. The largest absolute Gasteiger partial charge is 0.573 e. The van der Waals surface area contributed by atoms with Crippen molar-refractivity contribution in [2.75, 3.05) is 26.4 Å². The molecule has 13 heteroatoms. The van der Waals surface area contributed by atoms with E-state index >= 15 is 0 Å². The van der Waals surface area contributed by atoms with E-state index in [1.165, 1.54) is 12.1 Å². The lowest BCUT2D eigenvalue weighted by Gasteiger charge is -2.12. The fourth-order valence-electron chi connectivity index (χ4n) is 3.97. The number of hydrogen-bond donors (Lipinski definition) is 2. The van der Waals surface area contributed by atoms with Crippen molar-refractivity contribution in [3.8, 4) is 11.6 Å². The lowest BCUT2D eigenvalue weighted by atomic mass is 10.1. The first-order chi connectivity index (χ1) is 19.1. The lowest BCUT2D eigenvalue weighted by Crippen LogP contribution is -2.20. The standard InChI is InChI=1S/C27H24F5N3O5/c28-21-11-16(12-22(29)24(21)40-27(30,31)32)14-33-6-1-2-8-38-9-10-39-25-19-5-7-34-15-20(19)18-4-3-17(26(36)37)13-23(18)35-25/h3-5,7,11-13,15,33H,1-2,6,8-10,14H2,(H,36,37). The third-order valence-corrected chi connectivity index (χ3v) is 5.77. The van der Waals surface area contributed by atoms with Crippen LogP contribution in [0.3, 0.4) is 0 Å². The van der Waals surface area contributed by atoms with E-state index in [9.17, 15) is 31.9 Å². The highest BCUT2D eigenvalue weighted by molar-refractivity contribution is 6.08. The molecule has 0 saturated carbocycles. The minimum atomic E-state index is -5.19. The Hall–Kier alpha value is -4.10. The summed E-state index contributed by atoms with van der Waals surface area (Å²) in [5, 5.41) is 14.5. The Morgan fingerprint density at radius 3 is 2.45 bits per heavy atom. The van der Waals surface area contributed by atoms with E-state index in [1.807, 2.05) is 0 Å². The van der Waals surface area contributed by atoms with Gasteiger partial charge < -0.3 is 24.6 Å². The van der Waals surface area contributed by atoms with Gasteiger partial charge in [-0.15, -0.1) is 13.2 Å². The van der Waals surface area contributed by atoms with E-state index in [4.69, 9.17) is 9.47 Å². The molecule has 2 aromatic heterocycles. The van der Waals surface area contributed by atoms with Crippen molar-refractivity contribution < 1.29 is 46.1 Å². The maximum Gasteiger partial charge on any atom is 0.573 e. The third kappa shape index (κ3) is 7.51. The summed E-state index contributed by atoms with van der Waals surface area (Å²) in [6, 6.07) is 8.02. The molecule has 0 amide bonds. The fourth-order valence-corrected chi connectivity index (χ4v) is 3.97. The summed E-state index contributed by atoms with van der Waals surface area (Å²) in [5.41, 5.74) is 0.724. The minimum Gasteiger partial charge on any atom is -0.478 e. The Kier molecular flexibility index (Phi) is 9.27. The SMILES string of the molecule is O=C(O)c1ccc2c(c1)nc(OCCOCCCCNCc1cc(F)c(OC(F)(F)F)c(F)c1)c1ccncc12. The monoisotopic (exact) mass is 565 g/mol. The topological polar surface area (TPSA) is 103 Å².